The molecule has 1 aliphatic carbocycles. The van der Waals surface area contributed by atoms with E-state index in [0.717, 1.165) is 30.2 Å². The Morgan fingerprint density at radius 2 is 1.68 bits per heavy atom. The number of fused-ring (bicyclic) bond motifs is 1. The third-order valence-corrected chi connectivity index (χ3v) is 11.7. The lowest BCUT2D eigenvalue weighted by Crippen LogP contribution is -2.55. The predicted octanol–water partition coefficient (Wildman–Crippen LogP) is 5.34. The Hall–Kier alpha value is -5.80. The van der Waals surface area contributed by atoms with Gasteiger partial charge >= 0.3 is 5.97 Å². The van der Waals surface area contributed by atoms with Gasteiger partial charge in [0.1, 0.15) is 28.0 Å². The molecular formula is C42H47N5O9S. The lowest BCUT2D eigenvalue weighted by Gasteiger charge is -2.21. The fourth-order valence-electron chi connectivity index (χ4n) is 7.05. The van der Waals surface area contributed by atoms with Gasteiger partial charge in [-0.3, -0.25) is 19.2 Å². The molecule has 0 radical (unpaired) electrons. The lowest BCUT2D eigenvalue weighted by atomic mass is 10.1. The molecule has 6 rings (SSSR count). The van der Waals surface area contributed by atoms with E-state index in [4.69, 9.17) is 19.6 Å². The van der Waals surface area contributed by atoms with E-state index in [-0.39, 0.29) is 36.3 Å². The number of hydrogen-bond acceptors (Lipinski definition) is 10. The Labute approximate surface area is 331 Å². The van der Waals surface area contributed by atoms with Crippen molar-refractivity contribution in [2.75, 3.05) is 19.0 Å². The minimum atomic E-state index is -4.49. The third-order valence-electron chi connectivity index (χ3n) is 10.3. The highest BCUT2D eigenvalue weighted by Crippen LogP contribution is 2.45. The highest BCUT2D eigenvalue weighted by atomic mass is 32.2. The number of ether oxygens (including phenoxy) is 2. The first-order valence-corrected chi connectivity index (χ1v) is 20.5. The number of anilines is 1. The molecule has 2 heterocycles. The van der Waals surface area contributed by atoms with E-state index in [2.05, 4.69) is 27.3 Å². The number of carbonyl (C=O) groups excluding carboxylic acids is 3. The monoisotopic (exact) mass is 797 g/mol. The molecule has 0 spiro atoms. The molecule has 57 heavy (non-hydrogen) atoms. The van der Waals surface area contributed by atoms with Crippen molar-refractivity contribution in [2.45, 2.75) is 80.4 Å². The van der Waals surface area contributed by atoms with E-state index in [1.807, 2.05) is 54.6 Å². The number of benzene rings is 3. The number of pyridine rings is 1. The molecule has 4 atom stereocenters. The predicted molar refractivity (Wildman–Crippen MR) is 214 cm³/mol. The maximum Gasteiger partial charge on any atom is 0.303 e. The van der Waals surface area contributed by atoms with Crippen molar-refractivity contribution < 1.29 is 42.2 Å². The maximum absolute atomic E-state index is 13.7. The Bertz CT molecular complexity index is 2250. The van der Waals surface area contributed by atoms with Crippen molar-refractivity contribution in [1.82, 2.24) is 20.3 Å². The summed E-state index contributed by atoms with van der Waals surface area (Å²) in [5, 5.41) is 18.2. The fraction of sp³-hybridized carbons (Fsp3) is 0.357. The third kappa shape index (κ3) is 9.96. The number of aromatic nitrogens is 1. The van der Waals surface area contributed by atoms with E-state index >= 15 is 0 Å². The van der Waals surface area contributed by atoms with Crippen molar-refractivity contribution in [3.05, 3.63) is 91.5 Å². The Balaban J connectivity index is 1.08. The molecule has 5 N–H and O–H groups in total. The van der Waals surface area contributed by atoms with E-state index in [9.17, 15) is 27.6 Å². The summed E-state index contributed by atoms with van der Waals surface area (Å²) >= 11 is 0. The van der Waals surface area contributed by atoms with Gasteiger partial charge < -0.3 is 30.5 Å². The Morgan fingerprint density at radius 3 is 2.40 bits per heavy atom. The van der Waals surface area contributed by atoms with Crippen molar-refractivity contribution in [1.29, 1.82) is 0 Å². The quantitative estimate of drug-likeness (QED) is 0.0606. The van der Waals surface area contributed by atoms with E-state index in [1.165, 1.54) is 24.3 Å². The molecule has 300 valence electrons. The number of nitrogens with one attached hydrogen (secondary N) is 4. The van der Waals surface area contributed by atoms with Crippen LogP contribution in [0.2, 0.25) is 0 Å². The van der Waals surface area contributed by atoms with Crippen LogP contribution in [0.25, 0.3) is 22.2 Å². The summed E-state index contributed by atoms with van der Waals surface area (Å²) in [6.07, 6.45) is 5.14. The molecule has 0 bridgehead atoms. The summed E-state index contributed by atoms with van der Waals surface area (Å²) in [7, 11) is -2.91. The summed E-state index contributed by atoms with van der Waals surface area (Å²) < 4.78 is 41.3. The van der Waals surface area contributed by atoms with Crippen LogP contribution in [0.15, 0.2) is 96.4 Å². The molecule has 4 aromatic rings. The van der Waals surface area contributed by atoms with Crippen molar-refractivity contribution in [2.24, 2.45) is 5.92 Å². The minimum Gasteiger partial charge on any atom is -0.497 e. The summed E-state index contributed by atoms with van der Waals surface area (Å²) in [5.41, 5.74) is 0.767. The minimum absolute atomic E-state index is 0.0108. The number of aliphatic carboxylic acids is 1. The number of amides is 3. The Kier molecular flexibility index (Phi) is 12.9. The second-order valence-corrected chi connectivity index (χ2v) is 16.0. The lowest BCUT2D eigenvalue weighted by molar-refractivity contribution is -0.137. The second kappa shape index (κ2) is 18.0. The summed E-state index contributed by atoms with van der Waals surface area (Å²) in [6, 6.07) is 22.1. The van der Waals surface area contributed by atoms with Crippen LogP contribution in [0, 0.1) is 5.92 Å². The maximum atomic E-state index is 13.7. The number of methoxy groups -OCH3 is 1. The zero-order valence-corrected chi connectivity index (χ0v) is 32.5. The Morgan fingerprint density at radius 1 is 0.965 bits per heavy atom. The van der Waals surface area contributed by atoms with Crippen LogP contribution in [0.4, 0.5) is 5.69 Å². The van der Waals surface area contributed by atoms with Gasteiger partial charge in [-0.2, -0.15) is 0 Å². The molecular weight excluding hydrogens is 751 g/mol. The SMILES string of the molecule is C=C[C@@H]1C[C@]1(NC(=O)[C@@H]1C[C@@H](Oc2cc(-c3ccccc3)nc3cc(OC)ccc23)CN1)C(=O)NS(=O)(=O)c1ccccc1NC(=O)CCCCCCCC(=O)O. The van der Waals surface area contributed by atoms with Crippen LogP contribution in [0.5, 0.6) is 11.5 Å². The number of para-hydroxylation sites is 1. The second-order valence-electron chi connectivity index (χ2n) is 14.3. The van der Waals surface area contributed by atoms with Crippen molar-refractivity contribution in [3.63, 3.8) is 0 Å². The van der Waals surface area contributed by atoms with Gasteiger partial charge in [0, 0.05) is 54.8 Å². The van der Waals surface area contributed by atoms with Gasteiger partial charge in [0.2, 0.25) is 11.8 Å². The topological polar surface area (TPSA) is 202 Å². The number of rotatable bonds is 19. The highest BCUT2D eigenvalue weighted by Gasteiger charge is 2.61. The number of nitrogens with zero attached hydrogens (tertiary/aromatic N) is 1. The van der Waals surface area contributed by atoms with Gasteiger partial charge in [-0.15, -0.1) is 6.58 Å². The standard InChI is InChI=1S/C42H47N5O9S/c1-3-28-25-42(28,41(52)47-57(53,54)37-17-13-12-16-32(37)45-38(48)18-10-5-4-6-11-19-39(49)50)46-40(51)35-23-30(26-43-35)56-36-24-33(27-14-8-7-9-15-27)44-34-22-29(55-2)20-21-31(34)36/h3,7-9,12-17,20-22,24,28,30,35,43H,1,4-6,10-11,18-19,23,25-26H2,2H3,(H,45,48)(H,46,51)(H,47,52)(H,49,50)/t28-,30-,35+,42-/m1/s1. The number of unbranched alkanes of at least 4 members (excludes halogenated alkanes) is 4. The first kappa shape index (κ1) is 40.9. The average Bonchev–Trinajstić information content (AvgIpc) is 3.72. The smallest absolute Gasteiger partial charge is 0.303 e. The van der Waals surface area contributed by atoms with Crippen LogP contribution in [-0.4, -0.2) is 73.5 Å². The molecule has 3 aromatic carbocycles. The molecule has 14 nitrogen and oxygen atoms in total. The zero-order valence-electron chi connectivity index (χ0n) is 31.7. The molecule has 1 aliphatic heterocycles. The number of carboxylic acids is 1. The zero-order chi connectivity index (χ0) is 40.6. The van der Waals surface area contributed by atoms with Crippen molar-refractivity contribution >= 4 is 50.3 Å². The molecule has 1 saturated carbocycles. The number of hydrogen-bond donors (Lipinski definition) is 5. The van der Waals surface area contributed by atoms with Crippen LogP contribution in [0.1, 0.15) is 57.8 Å². The van der Waals surface area contributed by atoms with Crippen LogP contribution >= 0.6 is 0 Å². The van der Waals surface area contributed by atoms with Gasteiger partial charge in [-0.1, -0.05) is 67.8 Å². The first-order chi connectivity index (χ1) is 27.4. The first-order valence-electron chi connectivity index (χ1n) is 19.0. The summed E-state index contributed by atoms with van der Waals surface area (Å²) in [6.45, 7) is 4.12. The van der Waals surface area contributed by atoms with Crippen LogP contribution < -0.4 is 30.1 Å². The van der Waals surface area contributed by atoms with Gasteiger partial charge in [0.05, 0.1) is 30.0 Å². The van der Waals surface area contributed by atoms with Gasteiger partial charge in [-0.25, -0.2) is 18.1 Å². The number of carbonyl (C=O) groups is 4. The molecule has 2 aliphatic rings. The summed E-state index contributed by atoms with van der Waals surface area (Å²) in [5.74, 6) is -1.91. The fourth-order valence-corrected chi connectivity index (χ4v) is 8.25. The van der Waals surface area contributed by atoms with Crippen molar-refractivity contribution in [3.8, 4) is 22.8 Å². The van der Waals surface area contributed by atoms with E-state index in [1.54, 1.807) is 13.2 Å². The highest BCUT2D eigenvalue weighted by molar-refractivity contribution is 7.90. The van der Waals surface area contributed by atoms with Crippen LogP contribution in [-0.2, 0) is 29.2 Å². The van der Waals surface area contributed by atoms with E-state index in [0.29, 0.717) is 42.1 Å². The van der Waals surface area contributed by atoms with Gasteiger partial charge in [0.25, 0.3) is 15.9 Å². The summed E-state index contributed by atoms with van der Waals surface area (Å²) in [4.78, 5) is 55.4. The molecule has 2 fully saturated rings. The molecule has 15 heteroatoms. The van der Waals surface area contributed by atoms with Gasteiger partial charge in [-0.05, 0) is 43.5 Å². The van der Waals surface area contributed by atoms with E-state index < -0.39 is 57.3 Å². The number of carboxylic acid groups (broad SMARTS) is 1. The molecule has 1 aromatic heterocycles. The molecule has 3 amide bonds. The normalized spacial score (nSPS) is 20.0. The average molecular weight is 798 g/mol. The molecule has 0 unspecified atom stereocenters. The largest absolute Gasteiger partial charge is 0.497 e. The van der Waals surface area contributed by atoms with Crippen LogP contribution in [0.3, 0.4) is 0 Å². The van der Waals surface area contributed by atoms with Gasteiger partial charge in [0.15, 0.2) is 0 Å². The number of sulfonamides is 1. The molecule has 1 saturated heterocycles.